The number of aryl methyl sites for hydroxylation is 2. The molecular formula is C14H12F3NO. The van der Waals surface area contributed by atoms with E-state index >= 15 is 0 Å². The summed E-state index contributed by atoms with van der Waals surface area (Å²) in [6, 6.07) is 9.77. The van der Waals surface area contributed by atoms with Gasteiger partial charge in [0, 0.05) is 11.3 Å². The molecule has 0 aliphatic carbocycles. The highest BCUT2D eigenvalue weighted by Gasteiger charge is 2.31. The van der Waals surface area contributed by atoms with E-state index in [-0.39, 0.29) is 5.75 Å². The van der Waals surface area contributed by atoms with Crippen molar-refractivity contribution in [3.8, 4) is 17.0 Å². The number of nitrogens with zero attached hydrogens (tertiary/aromatic N) is 1. The highest BCUT2D eigenvalue weighted by Crippen LogP contribution is 2.28. The lowest BCUT2D eigenvalue weighted by Crippen LogP contribution is -2.17. The van der Waals surface area contributed by atoms with E-state index < -0.39 is 6.36 Å². The van der Waals surface area contributed by atoms with E-state index in [1.54, 1.807) is 13.0 Å². The second-order valence-electron chi connectivity index (χ2n) is 4.19. The summed E-state index contributed by atoms with van der Waals surface area (Å²) in [5, 5.41) is 0. The van der Waals surface area contributed by atoms with Gasteiger partial charge in [-0.15, -0.1) is 13.2 Å². The molecule has 0 amide bonds. The number of ether oxygens (including phenoxy) is 1. The third kappa shape index (κ3) is 3.47. The van der Waals surface area contributed by atoms with Gasteiger partial charge in [-0.2, -0.15) is 0 Å². The van der Waals surface area contributed by atoms with Crippen molar-refractivity contribution in [2.24, 2.45) is 0 Å². The van der Waals surface area contributed by atoms with Gasteiger partial charge in [0.25, 0.3) is 0 Å². The summed E-state index contributed by atoms with van der Waals surface area (Å²) in [5.41, 5.74) is 3.06. The van der Waals surface area contributed by atoms with Crippen molar-refractivity contribution in [3.63, 3.8) is 0 Å². The van der Waals surface area contributed by atoms with Crippen LogP contribution in [0.5, 0.6) is 5.75 Å². The van der Waals surface area contributed by atoms with Gasteiger partial charge >= 0.3 is 6.36 Å². The molecule has 1 heterocycles. The summed E-state index contributed by atoms with van der Waals surface area (Å²) in [4.78, 5) is 4.35. The quantitative estimate of drug-likeness (QED) is 0.810. The van der Waals surface area contributed by atoms with Crippen LogP contribution in [0.3, 0.4) is 0 Å². The van der Waals surface area contributed by atoms with Gasteiger partial charge in [-0.25, -0.2) is 0 Å². The molecule has 0 bridgehead atoms. The van der Waals surface area contributed by atoms with E-state index in [2.05, 4.69) is 9.72 Å². The normalized spacial score (nSPS) is 11.4. The molecule has 0 fully saturated rings. The maximum Gasteiger partial charge on any atom is 0.573 e. The molecule has 2 aromatic rings. The smallest absolute Gasteiger partial charge is 0.406 e. The maximum atomic E-state index is 12.1. The minimum absolute atomic E-state index is 0.221. The number of halogens is 3. The van der Waals surface area contributed by atoms with E-state index in [1.807, 2.05) is 25.1 Å². The second kappa shape index (κ2) is 4.91. The molecule has 0 unspecified atom stereocenters. The molecule has 5 heteroatoms. The monoisotopic (exact) mass is 267 g/mol. The van der Waals surface area contributed by atoms with Crippen molar-refractivity contribution in [1.29, 1.82) is 0 Å². The standard InChI is InChI=1S/C14H12F3NO/c1-9-8-11(19-14(15,16)17)6-7-12(9)13-5-3-4-10(2)18-13/h3-8H,1-2H3. The molecule has 0 radical (unpaired) electrons. The molecule has 2 rings (SSSR count). The third-order valence-corrected chi connectivity index (χ3v) is 2.60. The van der Waals surface area contributed by atoms with Crippen molar-refractivity contribution < 1.29 is 17.9 Å². The molecule has 0 spiro atoms. The van der Waals surface area contributed by atoms with Gasteiger partial charge in [0.2, 0.25) is 0 Å². The zero-order chi connectivity index (χ0) is 14.0. The lowest BCUT2D eigenvalue weighted by atomic mass is 10.0. The fourth-order valence-corrected chi connectivity index (χ4v) is 1.81. The van der Waals surface area contributed by atoms with E-state index in [4.69, 9.17) is 0 Å². The summed E-state index contributed by atoms with van der Waals surface area (Å²) in [7, 11) is 0. The predicted octanol–water partition coefficient (Wildman–Crippen LogP) is 4.26. The Labute approximate surface area is 108 Å². The fourth-order valence-electron chi connectivity index (χ4n) is 1.81. The Kier molecular flexibility index (Phi) is 3.46. The van der Waals surface area contributed by atoms with Crippen LogP contribution < -0.4 is 4.74 Å². The lowest BCUT2D eigenvalue weighted by molar-refractivity contribution is -0.274. The Morgan fingerprint density at radius 3 is 2.37 bits per heavy atom. The van der Waals surface area contributed by atoms with E-state index in [9.17, 15) is 13.2 Å². The van der Waals surface area contributed by atoms with Crippen molar-refractivity contribution in [3.05, 3.63) is 47.7 Å². The minimum Gasteiger partial charge on any atom is -0.406 e. The van der Waals surface area contributed by atoms with Crippen LogP contribution in [0, 0.1) is 13.8 Å². The molecule has 0 aliphatic heterocycles. The van der Waals surface area contributed by atoms with Gasteiger partial charge in [0.05, 0.1) is 5.69 Å². The van der Waals surface area contributed by atoms with E-state index in [0.29, 0.717) is 5.56 Å². The Bertz CT molecular complexity index is 593. The molecule has 0 atom stereocenters. The maximum absolute atomic E-state index is 12.1. The molecule has 2 nitrogen and oxygen atoms in total. The number of hydrogen-bond donors (Lipinski definition) is 0. The van der Waals surface area contributed by atoms with Crippen LogP contribution in [-0.2, 0) is 0 Å². The van der Waals surface area contributed by atoms with Gasteiger partial charge in [0.15, 0.2) is 0 Å². The zero-order valence-electron chi connectivity index (χ0n) is 10.5. The van der Waals surface area contributed by atoms with Crippen LogP contribution in [0.4, 0.5) is 13.2 Å². The number of aromatic nitrogens is 1. The summed E-state index contributed by atoms with van der Waals surface area (Å²) in [6.45, 7) is 3.59. The van der Waals surface area contributed by atoms with Crippen molar-refractivity contribution in [1.82, 2.24) is 4.98 Å². The summed E-state index contributed by atoms with van der Waals surface area (Å²) in [6.07, 6.45) is -4.67. The third-order valence-electron chi connectivity index (χ3n) is 2.60. The Hall–Kier alpha value is -2.04. The SMILES string of the molecule is Cc1cccc(-c2ccc(OC(F)(F)F)cc2C)n1. The second-order valence-corrected chi connectivity index (χ2v) is 4.19. The number of benzene rings is 1. The number of alkyl halides is 3. The molecule has 0 N–H and O–H groups in total. The Morgan fingerprint density at radius 1 is 1.05 bits per heavy atom. The Morgan fingerprint density at radius 2 is 1.79 bits per heavy atom. The number of hydrogen-bond acceptors (Lipinski definition) is 2. The van der Waals surface area contributed by atoms with Crippen LogP contribution in [0.25, 0.3) is 11.3 Å². The topological polar surface area (TPSA) is 22.1 Å². The van der Waals surface area contributed by atoms with Crippen LogP contribution >= 0.6 is 0 Å². The van der Waals surface area contributed by atoms with Crippen LogP contribution in [-0.4, -0.2) is 11.3 Å². The van der Waals surface area contributed by atoms with Crippen LogP contribution in [0.1, 0.15) is 11.3 Å². The van der Waals surface area contributed by atoms with Gasteiger partial charge in [0.1, 0.15) is 5.75 Å². The van der Waals surface area contributed by atoms with Gasteiger partial charge in [-0.1, -0.05) is 6.07 Å². The van der Waals surface area contributed by atoms with Crippen LogP contribution in [0.2, 0.25) is 0 Å². The Balaban J connectivity index is 2.34. The molecule has 1 aromatic carbocycles. The van der Waals surface area contributed by atoms with Crippen LogP contribution in [0.15, 0.2) is 36.4 Å². The first-order valence-electron chi connectivity index (χ1n) is 5.65. The van der Waals surface area contributed by atoms with E-state index in [1.165, 1.54) is 12.1 Å². The van der Waals surface area contributed by atoms with Gasteiger partial charge < -0.3 is 4.74 Å². The van der Waals surface area contributed by atoms with E-state index in [0.717, 1.165) is 17.0 Å². The van der Waals surface area contributed by atoms with Gasteiger partial charge in [-0.3, -0.25) is 4.98 Å². The molecule has 1 aromatic heterocycles. The minimum atomic E-state index is -4.67. The molecular weight excluding hydrogens is 255 g/mol. The predicted molar refractivity (Wildman–Crippen MR) is 65.8 cm³/mol. The first kappa shape index (κ1) is 13.4. The zero-order valence-corrected chi connectivity index (χ0v) is 10.5. The number of rotatable bonds is 2. The van der Waals surface area contributed by atoms with Crippen molar-refractivity contribution in [2.45, 2.75) is 20.2 Å². The first-order valence-corrected chi connectivity index (χ1v) is 5.65. The molecule has 19 heavy (non-hydrogen) atoms. The molecule has 100 valence electrons. The largest absolute Gasteiger partial charge is 0.573 e. The summed E-state index contributed by atoms with van der Waals surface area (Å²) < 4.78 is 40.2. The molecule has 0 saturated carbocycles. The van der Waals surface area contributed by atoms with Gasteiger partial charge in [-0.05, 0) is 49.7 Å². The average Bonchev–Trinajstić information content (AvgIpc) is 2.26. The van der Waals surface area contributed by atoms with Crippen molar-refractivity contribution in [2.75, 3.05) is 0 Å². The highest BCUT2D eigenvalue weighted by molar-refractivity contribution is 5.64. The average molecular weight is 267 g/mol. The lowest BCUT2D eigenvalue weighted by Gasteiger charge is -2.11. The number of pyridine rings is 1. The van der Waals surface area contributed by atoms with Crippen molar-refractivity contribution >= 4 is 0 Å². The summed E-state index contributed by atoms with van der Waals surface area (Å²) >= 11 is 0. The summed E-state index contributed by atoms with van der Waals surface area (Å²) in [5.74, 6) is -0.221. The first-order chi connectivity index (χ1) is 8.85. The highest BCUT2D eigenvalue weighted by atomic mass is 19.4. The molecule has 0 aliphatic rings. The fraction of sp³-hybridized carbons (Fsp3) is 0.214. The molecule has 0 saturated heterocycles.